The molecule has 4 aromatic rings. The van der Waals surface area contributed by atoms with Crippen LogP contribution in [0.2, 0.25) is 5.02 Å². The second-order valence-corrected chi connectivity index (χ2v) is 7.36. The van der Waals surface area contributed by atoms with Crippen molar-refractivity contribution in [3.63, 3.8) is 0 Å². The number of hydrogen-bond acceptors (Lipinski definition) is 4. The summed E-state index contributed by atoms with van der Waals surface area (Å²) in [6.45, 7) is 6.50. The molecule has 0 saturated carbocycles. The molecule has 0 aliphatic carbocycles. The normalized spacial score (nSPS) is 10.9. The molecule has 0 fully saturated rings. The molecule has 0 aliphatic rings. The van der Waals surface area contributed by atoms with Crippen LogP contribution in [0.3, 0.4) is 0 Å². The lowest BCUT2D eigenvalue weighted by Crippen LogP contribution is -2.05. The molecular weight excluding hydrogens is 384 g/mol. The minimum absolute atomic E-state index is 0.442. The quantitative estimate of drug-likeness (QED) is 0.438. The molecule has 5 nitrogen and oxygen atoms in total. The van der Waals surface area contributed by atoms with Gasteiger partial charge in [0.15, 0.2) is 5.76 Å². The van der Waals surface area contributed by atoms with Crippen LogP contribution in [0.5, 0.6) is 0 Å². The summed E-state index contributed by atoms with van der Waals surface area (Å²) in [4.78, 5) is 0. The van der Waals surface area contributed by atoms with E-state index in [4.69, 9.17) is 26.5 Å². The standard InChI is InChI=1S/C23H19ClN4O/c1-14-20(23(29-27-14)17-7-5-4-6-8-17)13-28-16(3)22(15(2)26-28)18-9-10-19(12-25)21(24)11-18/h4-11H,13H2,1-3H3. The van der Waals surface area contributed by atoms with E-state index in [0.29, 0.717) is 17.1 Å². The Morgan fingerprint density at radius 2 is 1.79 bits per heavy atom. The van der Waals surface area contributed by atoms with Crippen molar-refractivity contribution >= 4 is 11.6 Å². The fourth-order valence-electron chi connectivity index (χ4n) is 3.57. The van der Waals surface area contributed by atoms with Crippen LogP contribution in [0.1, 0.15) is 28.2 Å². The largest absolute Gasteiger partial charge is 0.356 e. The SMILES string of the molecule is Cc1noc(-c2ccccc2)c1Cn1nc(C)c(-c2ccc(C#N)c(Cl)c2)c1C. The van der Waals surface area contributed by atoms with Crippen LogP contribution >= 0.6 is 11.6 Å². The van der Waals surface area contributed by atoms with E-state index in [9.17, 15) is 0 Å². The van der Waals surface area contributed by atoms with Crippen molar-refractivity contribution in [2.45, 2.75) is 27.3 Å². The summed E-state index contributed by atoms with van der Waals surface area (Å²) in [7, 11) is 0. The number of hydrogen-bond donors (Lipinski definition) is 0. The second-order valence-electron chi connectivity index (χ2n) is 6.95. The number of nitriles is 1. The number of rotatable bonds is 4. The zero-order chi connectivity index (χ0) is 20.5. The van der Waals surface area contributed by atoms with Gasteiger partial charge in [-0.3, -0.25) is 4.68 Å². The van der Waals surface area contributed by atoms with Crippen molar-refractivity contribution in [3.05, 3.63) is 81.8 Å². The summed E-state index contributed by atoms with van der Waals surface area (Å²) in [6.07, 6.45) is 0. The Morgan fingerprint density at radius 3 is 2.48 bits per heavy atom. The number of aromatic nitrogens is 3. The first-order valence-corrected chi connectivity index (χ1v) is 9.62. The van der Waals surface area contributed by atoms with Crippen LogP contribution in [-0.2, 0) is 6.54 Å². The number of aryl methyl sites for hydroxylation is 2. The van der Waals surface area contributed by atoms with E-state index in [0.717, 1.165) is 45.1 Å². The highest BCUT2D eigenvalue weighted by Crippen LogP contribution is 2.32. The second kappa shape index (κ2) is 7.57. The Balaban J connectivity index is 1.75. The van der Waals surface area contributed by atoms with Crippen molar-refractivity contribution in [2.75, 3.05) is 0 Å². The summed E-state index contributed by atoms with van der Waals surface area (Å²) >= 11 is 6.25. The molecule has 0 radical (unpaired) electrons. The van der Waals surface area contributed by atoms with Crippen LogP contribution in [0.4, 0.5) is 0 Å². The minimum Gasteiger partial charge on any atom is -0.356 e. The fourth-order valence-corrected chi connectivity index (χ4v) is 3.79. The van der Waals surface area contributed by atoms with E-state index in [-0.39, 0.29) is 0 Å². The van der Waals surface area contributed by atoms with Crippen molar-refractivity contribution in [1.29, 1.82) is 5.26 Å². The third kappa shape index (κ3) is 3.43. The lowest BCUT2D eigenvalue weighted by Gasteiger charge is -2.07. The monoisotopic (exact) mass is 402 g/mol. The van der Waals surface area contributed by atoms with Gasteiger partial charge in [0.1, 0.15) is 6.07 Å². The summed E-state index contributed by atoms with van der Waals surface area (Å²) in [5.41, 5.74) is 7.19. The van der Waals surface area contributed by atoms with Crippen LogP contribution in [0, 0.1) is 32.1 Å². The topological polar surface area (TPSA) is 67.6 Å². The fraction of sp³-hybridized carbons (Fsp3) is 0.174. The van der Waals surface area contributed by atoms with Crippen molar-refractivity contribution < 1.29 is 4.52 Å². The zero-order valence-electron chi connectivity index (χ0n) is 16.4. The maximum atomic E-state index is 9.12. The van der Waals surface area contributed by atoms with Gasteiger partial charge in [-0.15, -0.1) is 0 Å². The molecule has 0 amide bonds. The highest BCUT2D eigenvalue weighted by atomic mass is 35.5. The summed E-state index contributed by atoms with van der Waals surface area (Å²) in [5.74, 6) is 0.763. The van der Waals surface area contributed by atoms with Gasteiger partial charge in [-0.05, 0) is 38.5 Å². The van der Waals surface area contributed by atoms with Gasteiger partial charge in [0.05, 0.1) is 28.5 Å². The third-order valence-electron chi connectivity index (χ3n) is 5.09. The number of nitrogens with zero attached hydrogens (tertiary/aromatic N) is 4. The van der Waals surface area contributed by atoms with Gasteiger partial charge in [0, 0.05) is 22.4 Å². The average molecular weight is 403 g/mol. The average Bonchev–Trinajstić information content (AvgIpc) is 3.22. The maximum absolute atomic E-state index is 9.12. The van der Waals surface area contributed by atoms with E-state index < -0.39 is 0 Å². The Kier molecular flexibility index (Phi) is 4.96. The molecule has 6 heteroatoms. The van der Waals surface area contributed by atoms with Gasteiger partial charge in [-0.1, -0.05) is 53.2 Å². The van der Waals surface area contributed by atoms with Crippen molar-refractivity contribution in [3.8, 4) is 28.5 Å². The molecule has 0 aliphatic heterocycles. The van der Waals surface area contributed by atoms with E-state index in [2.05, 4.69) is 11.2 Å². The van der Waals surface area contributed by atoms with Gasteiger partial charge in [0.25, 0.3) is 0 Å². The first kappa shape index (κ1) is 19.0. The highest BCUT2D eigenvalue weighted by Gasteiger charge is 2.19. The van der Waals surface area contributed by atoms with Gasteiger partial charge >= 0.3 is 0 Å². The minimum atomic E-state index is 0.442. The molecule has 0 bridgehead atoms. The smallest absolute Gasteiger partial charge is 0.172 e. The van der Waals surface area contributed by atoms with Crippen molar-refractivity contribution in [1.82, 2.24) is 14.9 Å². The Labute approximate surface area is 174 Å². The zero-order valence-corrected chi connectivity index (χ0v) is 17.2. The Hall–Kier alpha value is -3.36. The number of benzene rings is 2. The van der Waals surface area contributed by atoms with E-state index in [1.807, 2.05) is 67.9 Å². The first-order valence-electron chi connectivity index (χ1n) is 9.24. The molecule has 29 heavy (non-hydrogen) atoms. The molecule has 2 aromatic heterocycles. The summed E-state index contributed by atoms with van der Waals surface area (Å²) in [5, 5.41) is 18.5. The Bertz CT molecular complexity index is 1230. The van der Waals surface area contributed by atoms with E-state index in [1.165, 1.54) is 0 Å². The van der Waals surface area contributed by atoms with Crippen molar-refractivity contribution in [2.24, 2.45) is 0 Å². The van der Waals surface area contributed by atoms with E-state index >= 15 is 0 Å². The highest BCUT2D eigenvalue weighted by molar-refractivity contribution is 6.32. The Morgan fingerprint density at radius 1 is 1.03 bits per heavy atom. The lowest BCUT2D eigenvalue weighted by molar-refractivity contribution is 0.426. The lowest BCUT2D eigenvalue weighted by atomic mass is 10.0. The molecule has 0 atom stereocenters. The molecule has 0 spiro atoms. The summed E-state index contributed by atoms with van der Waals surface area (Å²) in [6, 6.07) is 17.5. The van der Waals surface area contributed by atoms with Crippen LogP contribution in [-0.4, -0.2) is 14.9 Å². The van der Waals surface area contributed by atoms with E-state index in [1.54, 1.807) is 6.07 Å². The third-order valence-corrected chi connectivity index (χ3v) is 5.40. The predicted molar refractivity (Wildman–Crippen MR) is 113 cm³/mol. The van der Waals surface area contributed by atoms with Gasteiger partial charge in [0.2, 0.25) is 0 Å². The molecule has 4 rings (SSSR count). The molecule has 0 unspecified atom stereocenters. The first-order chi connectivity index (χ1) is 14.0. The van der Waals surface area contributed by atoms with Crippen LogP contribution < -0.4 is 0 Å². The summed E-state index contributed by atoms with van der Waals surface area (Å²) < 4.78 is 7.58. The molecule has 0 N–H and O–H groups in total. The molecule has 0 saturated heterocycles. The van der Waals surface area contributed by atoms with Gasteiger partial charge < -0.3 is 4.52 Å². The molecule has 2 aromatic carbocycles. The molecule has 2 heterocycles. The predicted octanol–water partition coefficient (Wildman–Crippen LogP) is 5.70. The molecule has 144 valence electrons. The number of halogens is 1. The van der Waals surface area contributed by atoms with Crippen LogP contribution in [0.15, 0.2) is 53.1 Å². The van der Waals surface area contributed by atoms with Gasteiger partial charge in [-0.25, -0.2) is 0 Å². The van der Waals surface area contributed by atoms with Gasteiger partial charge in [-0.2, -0.15) is 10.4 Å². The maximum Gasteiger partial charge on any atom is 0.172 e. The molecular formula is C23H19ClN4O. The van der Waals surface area contributed by atoms with Crippen LogP contribution in [0.25, 0.3) is 22.5 Å².